The van der Waals surface area contributed by atoms with Gasteiger partial charge in [0.1, 0.15) is 5.82 Å². The fraction of sp³-hybridized carbons (Fsp3) is 0.421. The summed E-state index contributed by atoms with van der Waals surface area (Å²) >= 11 is 5.75. The van der Waals surface area contributed by atoms with E-state index in [-0.39, 0.29) is 22.7 Å². The quantitative estimate of drug-likeness (QED) is 0.816. The summed E-state index contributed by atoms with van der Waals surface area (Å²) in [5, 5.41) is 6.22. The van der Waals surface area contributed by atoms with Crippen LogP contribution in [0.25, 0.3) is 0 Å². The van der Waals surface area contributed by atoms with Gasteiger partial charge in [-0.15, -0.1) is 0 Å². The van der Waals surface area contributed by atoms with E-state index in [1.807, 2.05) is 25.1 Å². The molecule has 1 aliphatic carbocycles. The van der Waals surface area contributed by atoms with E-state index >= 15 is 0 Å². The lowest BCUT2D eigenvalue weighted by Crippen LogP contribution is -2.40. The third kappa shape index (κ3) is 4.86. The first-order valence-electron chi connectivity index (χ1n) is 8.96. The number of hydrogen-bond acceptors (Lipinski definition) is 5. The van der Waals surface area contributed by atoms with E-state index in [1.165, 1.54) is 12.1 Å². The molecule has 27 heavy (non-hydrogen) atoms. The number of benzene rings is 1. The monoisotopic (exact) mass is 391 g/mol. The van der Waals surface area contributed by atoms with Crippen LogP contribution in [0.3, 0.4) is 0 Å². The maximum absolute atomic E-state index is 14.0. The highest BCUT2D eigenvalue weighted by molar-refractivity contribution is 6.31. The van der Waals surface area contributed by atoms with Gasteiger partial charge in [-0.25, -0.2) is 9.37 Å². The van der Waals surface area contributed by atoms with Gasteiger partial charge in [0.2, 0.25) is 5.95 Å². The van der Waals surface area contributed by atoms with Gasteiger partial charge in [-0.2, -0.15) is 4.98 Å². The van der Waals surface area contributed by atoms with Gasteiger partial charge in [0.25, 0.3) is 5.91 Å². The van der Waals surface area contributed by atoms with Gasteiger partial charge in [0.15, 0.2) is 5.82 Å². The van der Waals surface area contributed by atoms with Gasteiger partial charge in [-0.3, -0.25) is 4.79 Å². The van der Waals surface area contributed by atoms with E-state index in [4.69, 9.17) is 11.6 Å². The molecule has 0 unspecified atom stereocenters. The Morgan fingerprint density at radius 2 is 1.89 bits per heavy atom. The van der Waals surface area contributed by atoms with Crippen LogP contribution in [-0.2, 0) is 0 Å². The molecule has 1 amide bonds. The highest BCUT2D eigenvalue weighted by Gasteiger charge is 2.24. The van der Waals surface area contributed by atoms with Crippen LogP contribution in [0.5, 0.6) is 0 Å². The predicted molar refractivity (Wildman–Crippen MR) is 105 cm³/mol. The standard InChI is InChI=1S/C19H23ClFN5O/c1-26(2)16-10-11-22-19(25-16)24-13-8-6-12(7-9-13)23-18(27)14-4-3-5-15(20)17(14)21/h3-5,10-13H,6-9H2,1-2H3,(H,23,27)(H,22,24,25). The number of nitrogens with zero attached hydrogens (tertiary/aromatic N) is 3. The van der Waals surface area contributed by atoms with Gasteiger partial charge in [0.05, 0.1) is 10.6 Å². The second-order valence-electron chi connectivity index (χ2n) is 6.90. The highest BCUT2D eigenvalue weighted by Crippen LogP contribution is 2.23. The first kappa shape index (κ1) is 19.4. The Bertz CT molecular complexity index is 808. The number of amides is 1. The van der Waals surface area contributed by atoms with E-state index in [9.17, 15) is 9.18 Å². The van der Waals surface area contributed by atoms with Gasteiger partial charge in [0, 0.05) is 32.4 Å². The van der Waals surface area contributed by atoms with Crippen LogP contribution < -0.4 is 15.5 Å². The topological polar surface area (TPSA) is 70.2 Å². The third-order valence-corrected chi connectivity index (χ3v) is 4.98. The number of halogens is 2. The third-order valence-electron chi connectivity index (χ3n) is 4.69. The zero-order valence-electron chi connectivity index (χ0n) is 15.4. The normalized spacial score (nSPS) is 19.4. The molecule has 2 N–H and O–H groups in total. The lowest BCUT2D eigenvalue weighted by molar-refractivity contribution is 0.0922. The van der Waals surface area contributed by atoms with Crippen molar-refractivity contribution in [1.29, 1.82) is 0 Å². The number of rotatable bonds is 5. The summed E-state index contributed by atoms with van der Waals surface area (Å²) in [5.41, 5.74) is -0.0170. The molecule has 0 spiro atoms. The molecule has 1 saturated carbocycles. The molecule has 144 valence electrons. The van der Waals surface area contributed by atoms with Crippen molar-refractivity contribution in [3.8, 4) is 0 Å². The predicted octanol–water partition coefficient (Wildman–Crippen LogP) is 3.49. The number of aromatic nitrogens is 2. The van der Waals surface area contributed by atoms with Crippen LogP contribution in [0.1, 0.15) is 36.0 Å². The first-order chi connectivity index (χ1) is 12.9. The first-order valence-corrected chi connectivity index (χ1v) is 9.33. The molecular weight excluding hydrogens is 369 g/mol. The number of carbonyl (C=O) groups is 1. The van der Waals surface area contributed by atoms with Crippen molar-refractivity contribution in [2.24, 2.45) is 0 Å². The molecule has 0 radical (unpaired) electrons. The Hall–Kier alpha value is -2.41. The van der Waals surface area contributed by atoms with Crippen LogP contribution in [0.2, 0.25) is 5.02 Å². The largest absolute Gasteiger partial charge is 0.363 e. The van der Waals surface area contributed by atoms with Crippen LogP contribution in [0.4, 0.5) is 16.2 Å². The summed E-state index contributed by atoms with van der Waals surface area (Å²) < 4.78 is 14.0. The van der Waals surface area contributed by atoms with Crippen LogP contribution in [0, 0.1) is 5.82 Å². The Labute approximate surface area is 163 Å². The van der Waals surface area contributed by atoms with Crippen molar-refractivity contribution in [3.63, 3.8) is 0 Å². The van der Waals surface area contributed by atoms with Crippen LogP contribution >= 0.6 is 11.6 Å². The molecule has 8 heteroatoms. The molecule has 0 saturated heterocycles. The average molecular weight is 392 g/mol. The zero-order valence-corrected chi connectivity index (χ0v) is 16.1. The summed E-state index contributed by atoms with van der Waals surface area (Å²) in [6.45, 7) is 0. The Balaban J connectivity index is 1.52. The van der Waals surface area contributed by atoms with E-state index in [2.05, 4.69) is 20.6 Å². The fourth-order valence-corrected chi connectivity index (χ4v) is 3.35. The molecule has 2 aromatic rings. The zero-order chi connectivity index (χ0) is 19.4. The molecule has 0 aliphatic heterocycles. The van der Waals surface area contributed by atoms with Crippen molar-refractivity contribution in [2.45, 2.75) is 37.8 Å². The molecule has 0 atom stereocenters. The van der Waals surface area contributed by atoms with E-state index in [0.717, 1.165) is 31.5 Å². The van der Waals surface area contributed by atoms with E-state index < -0.39 is 11.7 Å². The van der Waals surface area contributed by atoms with Gasteiger partial charge >= 0.3 is 0 Å². The van der Waals surface area contributed by atoms with Crippen molar-refractivity contribution >= 4 is 29.3 Å². The minimum Gasteiger partial charge on any atom is -0.363 e. The smallest absolute Gasteiger partial charge is 0.254 e. The Kier molecular flexibility index (Phi) is 6.11. The molecule has 1 fully saturated rings. The maximum atomic E-state index is 14.0. The van der Waals surface area contributed by atoms with Crippen molar-refractivity contribution in [1.82, 2.24) is 15.3 Å². The van der Waals surface area contributed by atoms with E-state index in [1.54, 1.807) is 12.3 Å². The molecule has 1 aromatic heterocycles. The molecule has 1 aliphatic rings. The Morgan fingerprint density at radius 3 is 2.59 bits per heavy atom. The molecule has 3 rings (SSSR count). The second kappa shape index (κ2) is 8.52. The summed E-state index contributed by atoms with van der Waals surface area (Å²) in [6.07, 6.45) is 5.09. The lowest BCUT2D eigenvalue weighted by atomic mass is 9.91. The maximum Gasteiger partial charge on any atom is 0.254 e. The number of anilines is 2. The molecule has 1 aromatic carbocycles. The summed E-state index contributed by atoms with van der Waals surface area (Å²) in [4.78, 5) is 23.0. The molecule has 0 bridgehead atoms. The summed E-state index contributed by atoms with van der Waals surface area (Å²) in [6, 6.07) is 6.56. The minimum absolute atomic E-state index is 0.0166. The Morgan fingerprint density at radius 1 is 1.19 bits per heavy atom. The van der Waals surface area contributed by atoms with Gasteiger partial charge in [-0.1, -0.05) is 17.7 Å². The molecule has 6 nitrogen and oxygen atoms in total. The molecular formula is C19H23ClFN5O. The van der Waals surface area contributed by atoms with Gasteiger partial charge < -0.3 is 15.5 Å². The minimum atomic E-state index is -0.676. The number of nitrogens with one attached hydrogen (secondary N) is 2. The highest BCUT2D eigenvalue weighted by atomic mass is 35.5. The van der Waals surface area contributed by atoms with Crippen molar-refractivity contribution in [3.05, 3.63) is 46.9 Å². The average Bonchev–Trinajstić information content (AvgIpc) is 2.65. The fourth-order valence-electron chi connectivity index (χ4n) is 3.17. The summed E-state index contributed by atoms with van der Waals surface area (Å²) in [7, 11) is 3.87. The number of carbonyl (C=O) groups excluding carboxylic acids is 1. The summed E-state index contributed by atoms with van der Waals surface area (Å²) in [5.74, 6) is 0.352. The van der Waals surface area contributed by atoms with Gasteiger partial charge in [-0.05, 0) is 43.9 Å². The second-order valence-corrected chi connectivity index (χ2v) is 7.31. The number of hydrogen-bond donors (Lipinski definition) is 2. The SMILES string of the molecule is CN(C)c1ccnc(NC2CCC(NC(=O)c3cccc(Cl)c3F)CC2)n1. The lowest BCUT2D eigenvalue weighted by Gasteiger charge is -2.29. The van der Waals surface area contributed by atoms with E-state index in [0.29, 0.717) is 5.95 Å². The van der Waals surface area contributed by atoms with Crippen molar-refractivity contribution in [2.75, 3.05) is 24.3 Å². The van der Waals surface area contributed by atoms with Crippen LogP contribution in [-0.4, -0.2) is 42.1 Å². The van der Waals surface area contributed by atoms with Crippen molar-refractivity contribution < 1.29 is 9.18 Å². The van der Waals surface area contributed by atoms with Crippen LogP contribution in [0.15, 0.2) is 30.5 Å². The molecule has 1 heterocycles.